The minimum Gasteiger partial charge on any atom is -0.355 e. The molecular formula is C23H32N6. The number of aryl methyl sites for hydroxylation is 1. The molecule has 0 radical (unpaired) electrons. The van der Waals surface area contributed by atoms with E-state index in [-0.39, 0.29) is 0 Å². The summed E-state index contributed by atoms with van der Waals surface area (Å²) in [7, 11) is 2.19. The molecule has 2 aromatic heterocycles. The number of likely N-dealkylation sites (N-methyl/N-ethyl adjacent to an activating group) is 1. The second-order valence-corrected chi connectivity index (χ2v) is 8.40. The van der Waals surface area contributed by atoms with E-state index in [1.54, 1.807) is 0 Å². The van der Waals surface area contributed by atoms with Crippen molar-refractivity contribution < 1.29 is 0 Å². The SMILES string of the molecule is CCCc1nc(N2CCCN(C)CC2)c2cnn(-c3ccc(C(C)C)cc3)c2n1. The molecule has 0 amide bonds. The molecule has 1 fully saturated rings. The lowest BCUT2D eigenvalue weighted by molar-refractivity contribution is 0.360. The van der Waals surface area contributed by atoms with Crippen LogP contribution in [0, 0.1) is 0 Å². The first kappa shape index (κ1) is 19.8. The Kier molecular flexibility index (Phi) is 5.81. The molecule has 1 aliphatic heterocycles. The van der Waals surface area contributed by atoms with Crippen LogP contribution in [0.2, 0.25) is 0 Å². The summed E-state index contributed by atoms with van der Waals surface area (Å²) in [4.78, 5) is 14.7. The van der Waals surface area contributed by atoms with Crippen LogP contribution in [0.4, 0.5) is 5.82 Å². The lowest BCUT2D eigenvalue weighted by atomic mass is 10.0. The maximum atomic E-state index is 4.97. The molecule has 29 heavy (non-hydrogen) atoms. The zero-order valence-corrected chi connectivity index (χ0v) is 18.1. The van der Waals surface area contributed by atoms with Gasteiger partial charge in [-0.3, -0.25) is 0 Å². The van der Waals surface area contributed by atoms with Crippen LogP contribution in [0.1, 0.15) is 50.9 Å². The third-order valence-electron chi connectivity index (χ3n) is 5.75. The van der Waals surface area contributed by atoms with E-state index in [0.29, 0.717) is 5.92 Å². The summed E-state index contributed by atoms with van der Waals surface area (Å²) in [5, 5.41) is 5.76. The van der Waals surface area contributed by atoms with Crippen LogP contribution in [-0.4, -0.2) is 57.9 Å². The second-order valence-electron chi connectivity index (χ2n) is 8.40. The molecule has 0 bridgehead atoms. The Morgan fingerprint density at radius 3 is 2.52 bits per heavy atom. The van der Waals surface area contributed by atoms with Crippen molar-refractivity contribution >= 4 is 16.9 Å². The Bertz CT molecular complexity index is 959. The van der Waals surface area contributed by atoms with Crippen LogP contribution < -0.4 is 4.90 Å². The average molecular weight is 393 g/mol. The Morgan fingerprint density at radius 1 is 1.00 bits per heavy atom. The van der Waals surface area contributed by atoms with Crippen molar-refractivity contribution in [2.45, 2.75) is 46.0 Å². The highest BCUT2D eigenvalue weighted by atomic mass is 15.3. The lowest BCUT2D eigenvalue weighted by Gasteiger charge is -2.22. The zero-order chi connectivity index (χ0) is 20.4. The van der Waals surface area contributed by atoms with Gasteiger partial charge in [0.15, 0.2) is 5.65 Å². The van der Waals surface area contributed by atoms with Crippen molar-refractivity contribution in [3.8, 4) is 5.69 Å². The number of aromatic nitrogens is 4. The maximum absolute atomic E-state index is 4.97. The highest BCUT2D eigenvalue weighted by Crippen LogP contribution is 2.27. The summed E-state index contributed by atoms with van der Waals surface area (Å²) < 4.78 is 1.97. The predicted molar refractivity (Wildman–Crippen MR) is 119 cm³/mol. The van der Waals surface area contributed by atoms with Gasteiger partial charge in [0, 0.05) is 26.1 Å². The molecule has 1 aliphatic rings. The number of hydrogen-bond donors (Lipinski definition) is 0. The van der Waals surface area contributed by atoms with Gasteiger partial charge < -0.3 is 9.80 Å². The van der Waals surface area contributed by atoms with Gasteiger partial charge in [-0.25, -0.2) is 14.6 Å². The molecule has 0 N–H and O–H groups in total. The van der Waals surface area contributed by atoms with Crippen LogP contribution in [-0.2, 0) is 6.42 Å². The van der Waals surface area contributed by atoms with Crippen LogP contribution in [0.25, 0.3) is 16.7 Å². The maximum Gasteiger partial charge on any atom is 0.168 e. The molecule has 3 heterocycles. The zero-order valence-electron chi connectivity index (χ0n) is 18.1. The molecule has 0 aliphatic carbocycles. The van der Waals surface area contributed by atoms with E-state index in [9.17, 15) is 0 Å². The van der Waals surface area contributed by atoms with Gasteiger partial charge in [0.25, 0.3) is 0 Å². The van der Waals surface area contributed by atoms with Gasteiger partial charge in [-0.15, -0.1) is 0 Å². The molecule has 0 saturated carbocycles. The summed E-state index contributed by atoms with van der Waals surface area (Å²) >= 11 is 0. The van der Waals surface area contributed by atoms with E-state index >= 15 is 0 Å². The smallest absolute Gasteiger partial charge is 0.168 e. The van der Waals surface area contributed by atoms with Gasteiger partial charge in [-0.1, -0.05) is 32.9 Å². The first-order valence-corrected chi connectivity index (χ1v) is 10.8. The molecule has 6 nitrogen and oxygen atoms in total. The van der Waals surface area contributed by atoms with Crippen LogP contribution >= 0.6 is 0 Å². The topological polar surface area (TPSA) is 50.1 Å². The van der Waals surface area contributed by atoms with E-state index in [1.807, 2.05) is 10.9 Å². The molecule has 154 valence electrons. The van der Waals surface area contributed by atoms with Gasteiger partial charge >= 0.3 is 0 Å². The third-order valence-corrected chi connectivity index (χ3v) is 5.75. The third kappa shape index (κ3) is 4.13. The van der Waals surface area contributed by atoms with Crippen molar-refractivity contribution in [1.29, 1.82) is 0 Å². The molecule has 0 spiro atoms. The van der Waals surface area contributed by atoms with Crippen molar-refractivity contribution in [1.82, 2.24) is 24.6 Å². The summed E-state index contributed by atoms with van der Waals surface area (Å²) in [5.41, 5.74) is 3.29. The summed E-state index contributed by atoms with van der Waals surface area (Å²) in [6, 6.07) is 8.66. The highest BCUT2D eigenvalue weighted by molar-refractivity contribution is 5.88. The van der Waals surface area contributed by atoms with E-state index in [2.05, 4.69) is 61.9 Å². The van der Waals surface area contributed by atoms with Crippen molar-refractivity contribution in [2.75, 3.05) is 38.1 Å². The predicted octanol–water partition coefficient (Wildman–Crippen LogP) is 4.03. The molecular weight excluding hydrogens is 360 g/mol. The molecule has 6 heteroatoms. The number of benzene rings is 1. The fraction of sp³-hybridized carbons (Fsp3) is 0.522. The average Bonchev–Trinajstić information content (AvgIpc) is 3.02. The summed E-state index contributed by atoms with van der Waals surface area (Å²) in [6.07, 6.45) is 5.00. The number of anilines is 1. The van der Waals surface area contributed by atoms with Crippen LogP contribution in [0.3, 0.4) is 0 Å². The molecule has 1 saturated heterocycles. The number of nitrogens with zero attached hydrogens (tertiary/aromatic N) is 6. The van der Waals surface area contributed by atoms with Gasteiger partial charge in [0.05, 0.1) is 17.3 Å². The Morgan fingerprint density at radius 2 is 1.79 bits per heavy atom. The number of fused-ring (bicyclic) bond motifs is 1. The summed E-state index contributed by atoms with van der Waals surface area (Å²) in [5.74, 6) is 2.47. The van der Waals surface area contributed by atoms with E-state index in [4.69, 9.17) is 15.1 Å². The first-order valence-electron chi connectivity index (χ1n) is 10.8. The largest absolute Gasteiger partial charge is 0.355 e. The standard InChI is InChI=1S/C23H32N6/c1-5-7-21-25-22(28-13-6-12-27(4)14-15-28)20-16-24-29(23(20)26-21)19-10-8-18(9-11-19)17(2)3/h8-11,16-17H,5-7,12-15H2,1-4H3. The minimum absolute atomic E-state index is 0.518. The van der Waals surface area contributed by atoms with Crippen molar-refractivity contribution in [3.63, 3.8) is 0 Å². The fourth-order valence-electron chi connectivity index (χ4n) is 3.96. The van der Waals surface area contributed by atoms with Crippen LogP contribution in [0.5, 0.6) is 0 Å². The molecule has 1 aromatic carbocycles. The Hall–Kier alpha value is -2.47. The minimum atomic E-state index is 0.518. The second kappa shape index (κ2) is 8.49. The Labute approximate surface area is 173 Å². The van der Waals surface area contributed by atoms with Gasteiger partial charge in [0.1, 0.15) is 11.6 Å². The van der Waals surface area contributed by atoms with Crippen LogP contribution in [0.15, 0.2) is 30.5 Å². The molecule has 0 atom stereocenters. The molecule has 3 aromatic rings. The molecule has 0 unspecified atom stereocenters. The Balaban J connectivity index is 1.78. The van der Waals surface area contributed by atoms with Crippen molar-refractivity contribution in [3.05, 3.63) is 41.9 Å². The lowest BCUT2D eigenvalue weighted by Crippen LogP contribution is -2.29. The molecule has 4 rings (SSSR count). The normalized spacial score (nSPS) is 16.0. The highest BCUT2D eigenvalue weighted by Gasteiger charge is 2.20. The van der Waals surface area contributed by atoms with Gasteiger partial charge in [-0.2, -0.15) is 5.10 Å². The van der Waals surface area contributed by atoms with Crippen molar-refractivity contribution in [2.24, 2.45) is 0 Å². The summed E-state index contributed by atoms with van der Waals surface area (Å²) in [6.45, 7) is 10.8. The number of rotatable bonds is 5. The van der Waals surface area contributed by atoms with E-state index in [1.165, 1.54) is 5.56 Å². The monoisotopic (exact) mass is 392 g/mol. The van der Waals surface area contributed by atoms with Gasteiger partial charge in [-0.05, 0) is 50.0 Å². The number of hydrogen-bond acceptors (Lipinski definition) is 5. The van der Waals surface area contributed by atoms with E-state index < -0.39 is 0 Å². The van der Waals surface area contributed by atoms with Gasteiger partial charge in [0.2, 0.25) is 0 Å². The fourth-order valence-corrected chi connectivity index (χ4v) is 3.96. The quantitative estimate of drug-likeness (QED) is 0.656. The first-order chi connectivity index (χ1) is 14.1. The van der Waals surface area contributed by atoms with E-state index in [0.717, 1.165) is 73.8 Å².